The average Bonchev–Trinajstić information content (AvgIpc) is 3.53. The van der Waals surface area contributed by atoms with Gasteiger partial charge < -0.3 is 9.80 Å². The highest BCUT2D eigenvalue weighted by molar-refractivity contribution is 7.28. The van der Waals surface area contributed by atoms with Crippen LogP contribution in [0.25, 0.3) is 32.3 Å². The molecule has 1 unspecified atom stereocenters. The number of para-hydroxylation sites is 2. The molecule has 0 N–H and O–H groups in total. The molecule has 0 saturated heterocycles. The topological polar surface area (TPSA) is 6.48 Å². The molecule has 4 heteroatoms. The maximum Gasteiger partial charge on any atom is 0.147 e. The molecule has 2 heterocycles. The molecule has 0 spiro atoms. The second kappa shape index (κ2) is 7.41. The average molecular weight is 487 g/mol. The van der Waals surface area contributed by atoms with E-state index in [1.807, 2.05) is 6.07 Å². The van der Waals surface area contributed by atoms with Gasteiger partial charge in [-0.3, -0.25) is 0 Å². The number of hydrogen-bond acceptors (Lipinski definition) is 2. The van der Waals surface area contributed by atoms with Crippen LogP contribution < -0.4 is 15.1 Å². The maximum absolute atomic E-state index is 15.0. The summed E-state index contributed by atoms with van der Waals surface area (Å²) in [5.74, 6) is -0.140. The van der Waals surface area contributed by atoms with Gasteiger partial charge in [-0.1, -0.05) is 66.7 Å². The predicted octanol–water partition coefficient (Wildman–Crippen LogP) is 7.61. The van der Waals surface area contributed by atoms with Gasteiger partial charge in [-0.15, -0.1) is 9.24 Å². The zero-order chi connectivity index (χ0) is 24.0. The first-order valence-corrected chi connectivity index (χ1v) is 13.2. The van der Waals surface area contributed by atoms with Crippen LogP contribution in [0.5, 0.6) is 0 Å². The first-order valence-electron chi connectivity index (χ1n) is 12.6. The van der Waals surface area contributed by atoms with Gasteiger partial charge in [0.15, 0.2) is 0 Å². The van der Waals surface area contributed by atoms with E-state index >= 15 is 0 Å². The Balaban J connectivity index is 1.39. The van der Waals surface area contributed by atoms with Gasteiger partial charge in [0.1, 0.15) is 5.82 Å². The van der Waals surface area contributed by atoms with Crippen molar-refractivity contribution in [2.24, 2.45) is 0 Å². The van der Waals surface area contributed by atoms with E-state index in [0.717, 1.165) is 42.9 Å². The third-order valence-electron chi connectivity index (χ3n) is 8.17. The van der Waals surface area contributed by atoms with E-state index < -0.39 is 0 Å². The van der Waals surface area contributed by atoms with E-state index in [9.17, 15) is 4.39 Å². The number of halogens is 1. The van der Waals surface area contributed by atoms with Crippen molar-refractivity contribution in [3.8, 4) is 0 Å². The van der Waals surface area contributed by atoms with Gasteiger partial charge in [-0.2, -0.15) is 0 Å². The number of benzene rings is 6. The molecule has 2 nitrogen and oxygen atoms in total. The summed E-state index contributed by atoms with van der Waals surface area (Å²) in [6.07, 6.45) is 1.93. The van der Waals surface area contributed by atoms with E-state index in [1.165, 1.54) is 54.6 Å². The first-order chi connectivity index (χ1) is 17.7. The molecule has 2 aliphatic heterocycles. The largest absolute Gasteiger partial charge is 0.340 e. The van der Waals surface area contributed by atoms with Crippen molar-refractivity contribution in [1.29, 1.82) is 0 Å². The number of hydrogen-bond donors (Lipinski definition) is 0. The van der Waals surface area contributed by atoms with Crippen molar-refractivity contribution in [2.75, 3.05) is 22.9 Å². The number of anilines is 4. The van der Waals surface area contributed by atoms with Gasteiger partial charge in [-0.25, -0.2) is 4.39 Å². The molecule has 174 valence electrons. The summed E-state index contributed by atoms with van der Waals surface area (Å²) < 4.78 is 15.0. The number of nitrogens with zero attached hydrogens (tertiary/aromatic N) is 2. The molecule has 1 atom stereocenters. The lowest BCUT2D eigenvalue weighted by atomic mass is 9.92. The van der Waals surface area contributed by atoms with Crippen molar-refractivity contribution in [3.63, 3.8) is 0 Å². The van der Waals surface area contributed by atoms with Crippen LogP contribution in [0.3, 0.4) is 0 Å². The molecule has 0 radical (unpaired) electrons. The molecular weight excluding hydrogens is 462 g/mol. The summed E-state index contributed by atoms with van der Waals surface area (Å²) >= 11 is 0. The number of rotatable bonds is 2. The smallest absolute Gasteiger partial charge is 0.147 e. The van der Waals surface area contributed by atoms with Crippen LogP contribution in [-0.4, -0.2) is 13.1 Å². The number of fused-ring (bicyclic) bond motifs is 2. The van der Waals surface area contributed by atoms with Gasteiger partial charge in [0.05, 0.1) is 11.4 Å². The Bertz CT molecular complexity index is 1710. The normalized spacial score (nSPS) is 14.9. The van der Waals surface area contributed by atoms with E-state index in [0.29, 0.717) is 0 Å². The molecule has 0 fully saturated rings. The lowest BCUT2D eigenvalue weighted by Gasteiger charge is -2.26. The van der Waals surface area contributed by atoms with Crippen molar-refractivity contribution in [3.05, 3.63) is 102 Å². The highest BCUT2D eigenvalue weighted by atomic mass is 31.0. The maximum atomic E-state index is 15.0. The monoisotopic (exact) mass is 486 g/mol. The quantitative estimate of drug-likeness (QED) is 0.184. The summed E-state index contributed by atoms with van der Waals surface area (Å²) in [5.41, 5.74) is 6.89. The summed E-state index contributed by atoms with van der Waals surface area (Å²) in [6.45, 7) is 1.78. The zero-order valence-electron chi connectivity index (χ0n) is 19.8. The SMILES string of the molecule is Fc1cccc2c1N(c1ccc3ccc4c(N5CCc6cccc(P)c65)ccc5ccc1c3c54)CC2. The van der Waals surface area contributed by atoms with Gasteiger partial charge in [0, 0.05) is 35.2 Å². The lowest BCUT2D eigenvalue weighted by Crippen LogP contribution is -2.17. The van der Waals surface area contributed by atoms with Crippen LogP contribution in [0.1, 0.15) is 11.1 Å². The Labute approximate surface area is 211 Å². The van der Waals surface area contributed by atoms with E-state index in [4.69, 9.17) is 0 Å². The Morgan fingerprint density at radius 2 is 1.11 bits per heavy atom. The molecule has 0 bridgehead atoms. The summed E-state index contributed by atoms with van der Waals surface area (Å²) in [7, 11) is 2.92. The van der Waals surface area contributed by atoms with E-state index in [2.05, 4.69) is 91.8 Å². The molecule has 36 heavy (non-hydrogen) atoms. The molecular formula is C32H24FN2P. The van der Waals surface area contributed by atoms with E-state index in [-0.39, 0.29) is 5.82 Å². The molecule has 0 amide bonds. The van der Waals surface area contributed by atoms with Crippen molar-refractivity contribution in [1.82, 2.24) is 0 Å². The second-order valence-electron chi connectivity index (χ2n) is 10.00. The van der Waals surface area contributed by atoms with Crippen molar-refractivity contribution in [2.45, 2.75) is 12.8 Å². The zero-order valence-corrected chi connectivity index (χ0v) is 20.9. The van der Waals surface area contributed by atoms with Gasteiger partial charge in [0.2, 0.25) is 0 Å². The minimum Gasteiger partial charge on any atom is -0.340 e. The minimum atomic E-state index is -0.140. The summed E-state index contributed by atoms with van der Waals surface area (Å²) in [5, 5.41) is 8.75. The Hall–Kier alpha value is -3.68. The summed E-state index contributed by atoms with van der Waals surface area (Å²) in [4.78, 5) is 4.66. The Kier molecular flexibility index (Phi) is 4.22. The van der Waals surface area contributed by atoms with Crippen LogP contribution in [-0.2, 0) is 12.8 Å². The molecule has 0 saturated carbocycles. The van der Waals surface area contributed by atoms with Crippen LogP contribution in [0.2, 0.25) is 0 Å². The highest BCUT2D eigenvalue weighted by Crippen LogP contribution is 2.46. The third kappa shape index (κ3) is 2.70. The van der Waals surface area contributed by atoms with Gasteiger partial charge in [-0.05, 0) is 69.0 Å². The standard InChI is InChI=1S/C32H24FN2P/c33-25-5-1-3-21-15-17-34(31(21)25)26-13-9-19-8-12-24-27(14-10-20-7-11-23(26)29(19)30(20)24)35-18-16-22-4-2-6-28(36)32(22)35/h1-14H,15-18,36H2. The van der Waals surface area contributed by atoms with Gasteiger partial charge >= 0.3 is 0 Å². The fraction of sp³-hybridized carbons (Fsp3) is 0.125. The molecule has 6 aromatic carbocycles. The second-order valence-corrected chi connectivity index (χ2v) is 10.6. The predicted molar refractivity (Wildman–Crippen MR) is 154 cm³/mol. The van der Waals surface area contributed by atoms with Crippen molar-refractivity contribution >= 4 is 69.6 Å². The van der Waals surface area contributed by atoms with Crippen LogP contribution in [0.15, 0.2) is 84.9 Å². The van der Waals surface area contributed by atoms with Gasteiger partial charge in [0.25, 0.3) is 0 Å². The fourth-order valence-corrected chi connectivity index (χ4v) is 7.07. The molecule has 2 aliphatic rings. The first kappa shape index (κ1) is 20.5. The molecule has 8 rings (SSSR count). The third-order valence-corrected chi connectivity index (χ3v) is 8.64. The minimum absolute atomic E-state index is 0.140. The summed E-state index contributed by atoms with van der Waals surface area (Å²) in [6, 6.07) is 29.9. The highest BCUT2D eigenvalue weighted by Gasteiger charge is 2.27. The van der Waals surface area contributed by atoms with Crippen LogP contribution in [0.4, 0.5) is 27.1 Å². The molecule has 0 aliphatic carbocycles. The van der Waals surface area contributed by atoms with Crippen LogP contribution in [0, 0.1) is 5.82 Å². The van der Waals surface area contributed by atoms with Crippen molar-refractivity contribution < 1.29 is 4.39 Å². The Morgan fingerprint density at radius 3 is 1.75 bits per heavy atom. The molecule has 6 aromatic rings. The molecule has 0 aromatic heterocycles. The Morgan fingerprint density at radius 1 is 0.583 bits per heavy atom. The van der Waals surface area contributed by atoms with E-state index in [1.54, 1.807) is 6.07 Å². The van der Waals surface area contributed by atoms with Crippen LogP contribution >= 0.6 is 9.24 Å². The fourth-order valence-electron chi connectivity index (χ4n) is 6.62. The lowest BCUT2D eigenvalue weighted by molar-refractivity contribution is 0.628.